The fourth-order valence-electron chi connectivity index (χ4n) is 3.10. The van der Waals surface area contributed by atoms with Gasteiger partial charge in [0.2, 0.25) is 0 Å². The van der Waals surface area contributed by atoms with E-state index in [9.17, 15) is 4.79 Å². The number of fused-ring (bicyclic) bond motifs is 1. The fraction of sp³-hybridized carbons (Fsp3) is 0.150. The van der Waals surface area contributed by atoms with Gasteiger partial charge in [0.25, 0.3) is 5.91 Å². The summed E-state index contributed by atoms with van der Waals surface area (Å²) in [5.74, 6) is 1.27. The van der Waals surface area contributed by atoms with Crippen molar-refractivity contribution in [2.24, 2.45) is 0 Å². The average molecular weight is 366 g/mol. The van der Waals surface area contributed by atoms with E-state index < -0.39 is 0 Å². The first kappa shape index (κ1) is 16.5. The number of amides is 1. The quantitative estimate of drug-likeness (QED) is 0.723. The van der Waals surface area contributed by atoms with Crippen LogP contribution in [0.15, 0.2) is 53.9 Å². The van der Waals surface area contributed by atoms with E-state index in [-0.39, 0.29) is 12.1 Å². The molecule has 5 nitrogen and oxygen atoms in total. The number of nitrogens with one attached hydrogen (secondary N) is 2. The molecule has 1 amide bonds. The molecule has 1 aromatic heterocycles. The van der Waals surface area contributed by atoms with E-state index in [1.165, 1.54) is 11.3 Å². The number of ether oxygens (including phenoxy) is 2. The van der Waals surface area contributed by atoms with Gasteiger partial charge in [0.05, 0.1) is 19.8 Å². The molecule has 0 unspecified atom stereocenters. The highest BCUT2D eigenvalue weighted by Gasteiger charge is 2.30. The van der Waals surface area contributed by atoms with Crippen LogP contribution in [0.25, 0.3) is 11.1 Å². The van der Waals surface area contributed by atoms with Crippen molar-refractivity contribution in [3.05, 3.63) is 65.0 Å². The van der Waals surface area contributed by atoms with Gasteiger partial charge < -0.3 is 20.1 Å². The van der Waals surface area contributed by atoms with Crippen LogP contribution in [0.1, 0.15) is 22.1 Å². The van der Waals surface area contributed by atoms with Crippen LogP contribution in [0.4, 0.5) is 5.00 Å². The molecule has 4 rings (SSSR count). The predicted octanol–water partition coefficient (Wildman–Crippen LogP) is 4.29. The molecule has 1 aliphatic rings. The van der Waals surface area contributed by atoms with Crippen LogP contribution < -0.4 is 20.1 Å². The Morgan fingerprint density at radius 2 is 1.81 bits per heavy atom. The van der Waals surface area contributed by atoms with E-state index in [1.54, 1.807) is 14.2 Å². The van der Waals surface area contributed by atoms with Gasteiger partial charge in [-0.3, -0.25) is 4.79 Å². The summed E-state index contributed by atoms with van der Waals surface area (Å²) < 4.78 is 10.7. The molecule has 3 aromatic rings. The third-order valence-electron chi connectivity index (χ3n) is 4.41. The number of carbonyl (C=O) groups excluding carboxylic acids is 1. The summed E-state index contributed by atoms with van der Waals surface area (Å²) in [6, 6.07) is 15.5. The lowest BCUT2D eigenvalue weighted by Gasteiger charge is -2.28. The van der Waals surface area contributed by atoms with E-state index in [0.29, 0.717) is 17.1 Å². The molecule has 0 bridgehead atoms. The van der Waals surface area contributed by atoms with Gasteiger partial charge in [-0.15, -0.1) is 11.3 Å². The Labute approximate surface area is 155 Å². The Kier molecular flexibility index (Phi) is 4.26. The minimum Gasteiger partial charge on any atom is -0.497 e. The first-order chi connectivity index (χ1) is 12.7. The van der Waals surface area contributed by atoms with Gasteiger partial charge in [-0.05, 0) is 17.7 Å². The third kappa shape index (κ3) is 2.78. The highest BCUT2D eigenvalue weighted by Crippen LogP contribution is 2.41. The zero-order valence-electron chi connectivity index (χ0n) is 14.4. The maximum absolute atomic E-state index is 12.8. The van der Waals surface area contributed by atoms with E-state index in [1.807, 2.05) is 53.9 Å². The number of thiophene rings is 1. The molecule has 0 spiro atoms. The second-order valence-electron chi connectivity index (χ2n) is 5.88. The van der Waals surface area contributed by atoms with E-state index >= 15 is 0 Å². The molecular weight excluding hydrogens is 348 g/mol. The summed E-state index contributed by atoms with van der Waals surface area (Å²) in [5.41, 5.74) is 3.50. The maximum Gasteiger partial charge on any atom is 0.256 e. The van der Waals surface area contributed by atoms with Crippen molar-refractivity contribution in [3.63, 3.8) is 0 Å². The van der Waals surface area contributed by atoms with E-state index in [4.69, 9.17) is 9.47 Å². The van der Waals surface area contributed by atoms with Crippen molar-refractivity contribution in [1.29, 1.82) is 0 Å². The molecule has 6 heteroatoms. The summed E-state index contributed by atoms with van der Waals surface area (Å²) in [5, 5.41) is 9.32. The molecule has 2 N–H and O–H groups in total. The smallest absolute Gasteiger partial charge is 0.256 e. The summed E-state index contributed by atoms with van der Waals surface area (Å²) in [4.78, 5) is 12.8. The van der Waals surface area contributed by atoms with E-state index in [2.05, 4.69) is 10.6 Å². The van der Waals surface area contributed by atoms with Gasteiger partial charge in [0.15, 0.2) is 0 Å². The van der Waals surface area contributed by atoms with Gasteiger partial charge >= 0.3 is 0 Å². The van der Waals surface area contributed by atoms with Gasteiger partial charge in [0, 0.05) is 22.6 Å². The Bertz CT molecular complexity index is 953. The van der Waals surface area contributed by atoms with Crippen LogP contribution in [-0.4, -0.2) is 20.1 Å². The van der Waals surface area contributed by atoms with Crippen molar-refractivity contribution in [1.82, 2.24) is 5.32 Å². The van der Waals surface area contributed by atoms with Gasteiger partial charge in [-0.25, -0.2) is 0 Å². The molecule has 1 atom stereocenters. The molecule has 0 aliphatic carbocycles. The Morgan fingerprint density at radius 3 is 2.54 bits per heavy atom. The molecule has 2 aromatic carbocycles. The van der Waals surface area contributed by atoms with Gasteiger partial charge in [-0.1, -0.05) is 30.3 Å². The SMILES string of the molecule is COc1ccc([C@H]2NC(=O)c3c(-c4ccccc4)csc3N2)c(OC)c1. The third-order valence-corrected chi connectivity index (χ3v) is 5.32. The minimum atomic E-state index is -0.363. The first-order valence-corrected chi connectivity index (χ1v) is 9.05. The molecule has 0 saturated carbocycles. The van der Waals surface area contributed by atoms with Gasteiger partial charge in [-0.2, -0.15) is 0 Å². The number of hydrogen-bond acceptors (Lipinski definition) is 5. The molecule has 1 aliphatic heterocycles. The Hall–Kier alpha value is -2.99. The normalized spacial score (nSPS) is 15.6. The average Bonchev–Trinajstić information content (AvgIpc) is 3.12. The first-order valence-electron chi connectivity index (χ1n) is 8.17. The summed E-state index contributed by atoms with van der Waals surface area (Å²) in [6.45, 7) is 0. The summed E-state index contributed by atoms with van der Waals surface area (Å²) in [6.07, 6.45) is -0.363. The van der Waals surface area contributed by atoms with Crippen molar-refractivity contribution < 1.29 is 14.3 Å². The summed E-state index contributed by atoms with van der Waals surface area (Å²) >= 11 is 1.53. The van der Waals surface area contributed by atoms with Crippen molar-refractivity contribution in [2.75, 3.05) is 19.5 Å². The van der Waals surface area contributed by atoms with Crippen LogP contribution in [0.2, 0.25) is 0 Å². The topological polar surface area (TPSA) is 59.6 Å². The number of methoxy groups -OCH3 is 2. The van der Waals surface area contributed by atoms with Crippen LogP contribution in [0, 0.1) is 0 Å². The number of carbonyl (C=O) groups is 1. The largest absolute Gasteiger partial charge is 0.497 e. The maximum atomic E-state index is 12.8. The van der Waals surface area contributed by atoms with E-state index in [0.717, 1.165) is 21.7 Å². The zero-order valence-corrected chi connectivity index (χ0v) is 15.2. The fourth-order valence-corrected chi connectivity index (χ4v) is 4.10. The monoisotopic (exact) mass is 366 g/mol. The lowest BCUT2D eigenvalue weighted by Crippen LogP contribution is -2.38. The lowest BCUT2D eigenvalue weighted by atomic mass is 10.0. The molecule has 132 valence electrons. The van der Waals surface area contributed by atoms with Crippen LogP contribution in [0.5, 0.6) is 11.5 Å². The van der Waals surface area contributed by atoms with Crippen LogP contribution in [0.3, 0.4) is 0 Å². The standard InChI is InChI=1S/C20H18N2O3S/c1-24-13-8-9-14(16(10-13)25-2)18-21-19(23)17-15(11-26-20(17)22-18)12-6-4-3-5-7-12/h3-11,18,22H,1-2H3,(H,21,23)/t18-/m0/s1. The van der Waals surface area contributed by atoms with Crippen LogP contribution >= 0.6 is 11.3 Å². The van der Waals surface area contributed by atoms with Gasteiger partial charge in [0.1, 0.15) is 22.7 Å². The molecule has 26 heavy (non-hydrogen) atoms. The Balaban J connectivity index is 1.70. The highest BCUT2D eigenvalue weighted by atomic mass is 32.1. The highest BCUT2D eigenvalue weighted by molar-refractivity contribution is 7.15. The van der Waals surface area contributed by atoms with Crippen LogP contribution in [-0.2, 0) is 0 Å². The molecule has 0 radical (unpaired) electrons. The molecule has 2 heterocycles. The van der Waals surface area contributed by atoms with Crippen molar-refractivity contribution >= 4 is 22.2 Å². The number of hydrogen-bond donors (Lipinski definition) is 2. The summed E-state index contributed by atoms with van der Waals surface area (Å²) in [7, 11) is 3.21. The lowest BCUT2D eigenvalue weighted by molar-refractivity contribution is 0.0936. The molecule has 0 saturated heterocycles. The Morgan fingerprint density at radius 1 is 1.00 bits per heavy atom. The number of benzene rings is 2. The molecule has 0 fully saturated rings. The predicted molar refractivity (Wildman–Crippen MR) is 103 cm³/mol. The number of anilines is 1. The number of rotatable bonds is 4. The minimum absolute atomic E-state index is 0.0956. The zero-order chi connectivity index (χ0) is 18.1. The second kappa shape index (κ2) is 6.72. The van der Waals surface area contributed by atoms with Crippen molar-refractivity contribution in [3.8, 4) is 22.6 Å². The molecular formula is C20H18N2O3S. The van der Waals surface area contributed by atoms with Crippen molar-refractivity contribution in [2.45, 2.75) is 6.17 Å². The second-order valence-corrected chi connectivity index (χ2v) is 6.76.